The molecule has 0 saturated heterocycles. The first kappa shape index (κ1) is 11.0. The minimum atomic E-state index is -0.966. The molecule has 0 amide bonds. The van der Waals surface area contributed by atoms with Crippen LogP contribution in [0.5, 0.6) is 0 Å². The lowest BCUT2D eigenvalue weighted by Crippen LogP contribution is -2.17. The van der Waals surface area contributed by atoms with Crippen molar-refractivity contribution in [3.8, 4) is 0 Å². The molecule has 0 fully saturated rings. The number of allylic oxidation sites excluding steroid dienone is 1. The molecule has 0 radical (unpaired) electrons. The van der Waals surface area contributed by atoms with Gasteiger partial charge in [-0.15, -0.1) is 6.58 Å². The van der Waals surface area contributed by atoms with Crippen LogP contribution in [0.25, 0.3) is 0 Å². The number of anilines is 1. The maximum Gasteiger partial charge on any atom is 0.307 e. The zero-order chi connectivity index (χ0) is 11.4. The van der Waals surface area contributed by atoms with Crippen molar-refractivity contribution in [2.75, 3.05) is 5.73 Å². The third-order valence-corrected chi connectivity index (χ3v) is 2.02. The van der Waals surface area contributed by atoms with Gasteiger partial charge in [0.05, 0.1) is 6.42 Å². The molecule has 1 aromatic heterocycles. The molecule has 0 atom stereocenters. The number of hydrogen-bond acceptors (Lipinski definition) is 3. The highest BCUT2D eigenvalue weighted by molar-refractivity contribution is 5.71. The van der Waals surface area contributed by atoms with Crippen LogP contribution in [0.2, 0.25) is 0 Å². The van der Waals surface area contributed by atoms with Crippen molar-refractivity contribution in [1.29, 1.82) is 0 Å². The number of carboxylic acid groups (broad SMARTS) is 1. The SMILES string of the molecule is C=CCc1c(CC(=O)O)c[nH]c(=O)c1N. The number of aromatic nitrogens is 1. The van der Waals surface area contributed by atoms with Gasteiger partial charge in [0.15, 0.2) is 0 Å². The van der Waals surface area contributed by atoms with Crippen LogP contribution in [-0.2, 0) is 17.6 Å². The Morgan fingerprint density at radius 2 is 2.33 bits per heavy atom. The maximum atomic E-state index is 11.2. The lowest BCUT2D eigenvalue weighted by Gasteiger charge is -2.07. The van der Waals surface area contributed by atoms with E-state index in [2.05, 4.69) is 11.6 Å². The Hall–Kier alpha value is -2.04. The van der Waals surface area contributed by atoms with Gasteiger partial charge < -0.3 is 15.8 Å². The molecule has 5 nitrogen and oxygen atoms in total. The minimum Gasteiger partial charge on any atom is -0.481 e. The zero-order valence-corrected chi connectivity index (χ0v) is 8.12. The first-order valence-corrected chi connectivity index (χ1v) is 4.38. The number of hydrogen-bond donors (Lipinski definition) is 3. The van der Waals surface area contributed by atoms with E-state index in [0.29, 0.717) is 17.5 Å². The second kappa shape index (κ2) is 4.45. The molecule has 1 heterocycles. The summed E-state index contributed by atoms with van der Waals surface area (Å²) in [4.78, 5) is 24.1. The van der Waals surface area contributed by atoms with Gasteiger partial charge in [-0.3, -0.25) is 9.59 Å². The summed E-state index contributed by atoms with van der Waals surface area (Å²) >= 11 is 0. The molecule has 4 N–H and O–H groups in total. The van der Waals surface area contributed by atoms with E-state index in [0.717, 1.165) is 0 Å². The normalized spacial score (nSPS) is 9.87. The highest BCUT2D eigenvalue weighted by atomic mass is 16.4. The van der Waals surface area contributed by atoms with E-state index in [-0.39, 0.29) is 12.1 Å². The van der Waals surface area contributed by atoms with Gasteiger partial charge in [-0.25, -0.2) is 0 Å². The van der Waals surface area contributed by atoms with Crippen molar-refractivity contribution in [3.05, 3.63) is 40.3 Å². The van der Waals surface area contributed by atoms with Gasteiger partial charge in [0.25, 0.3) is 5.56 Å². The van der Waals surface area contributed by atoms with Crippen molar-refractivity contribution in [3.63, 3.8) is 0 Å². The number of pyridine rings is 1. The van der Waals surface area contributed by atoms with Crippen LogP contribution in [0, 0.1) is 0 Å². The van der Waals surface area contributed by atoms with Gasteiger partial charge in [0.1, 0.15) is 5.69 Å². The fraction of sp³-hybridized carbons (Fsp3) is 0.200. The second-order valence-corrected chi connectivity index (χ2v) is 3.10. The molecule has 0 saturated carbocycles. The molecule has 1 aromatic rings. The summed E-state index contributed by atoms with van der Waals surface area (Å²) in [6, 6.07) is 0. The van der Waals surface area contributed by atoms with Crippen LogP contribution in [0.1, 0.15) is 11.1 Å². The summed E-state index contributed by atoms with van der Waals surface area (Å²) in [6.07, 6.45) is 3.19. The highest BCUT2D eigenvalue weighted by Gasteiger charge is 2.11. The van der Waals surface area contributed by atoms with Gasteiger partial charge in [-0.1, -0.05) is 6.08 Å². The van der Waals surface area contributed by atoms with Crippen LogP contribution in [0.4, 0.5) is 5.69 Å². The highest BCUT2D eigenvalue weighted by Crippen LogP contribution is 2.14. The second-order valence-electron chi connectivity index (χ2n) is 3.10. The first-order chi connectivity index (χ1) is 7.06. The van der Waals surface area contributed by atoms with E-state index in [1.165, 1.54) is 6.20 Å². The summed E-state index contributed by atoms with van der Waals surface area (Å²) in [5.41, 5.74) is 6.27. The van der Waals surface area contributed by atoms with Gasteiger partial charge in [-0.2, -0.15) is 0 Å². The third-order valence-electron chi connectivity index (χ3n) is 2.02. The fourth-order valence-electron chi connectivity index (χ4n) is 1.33. The van der Waals surface area contributed by atoms with E-state index in [4.69, 9.17) is 10.8 Å². The van der Waals surface area contributed by atoms with Gasteiger partial charge in [-0.05, 0) is 17.5 Å². The monoisotopic (exact) mass is 208 g/mol. The smallest absolute Gasteiger partial charge is 0.307 e. The molecule has 0 bridgehead atoms. The molecule has 0 spiro atoms. The molecular weight excluding hydrogens is 196 g/mol. The Morgan fingerprint density at radius 3 is 2.87 bits per heavy atom. The predicted octanol–water partition coefficient (Wildman–Crippen LogP) is 0.313. The number of rotatable bonds is 4. The largest absolute Gasteiger partial charge is 0.481 e. The summed E-state index contributed by atoms with van der Waals surface area (Å²) in [5.74, 6) is -0.966. The molecule has 0 aliphatic heterocycles. The van der Waals surface area contributed by atoms with Gasteiger partial charge in [0.2, 0.25) is 0 Å². The van der Waals surface area contributed by atoms with Crippen LogP contribution in [0.3, 0.4) is 0 Å². The summed E-state index contributed by atoms with van der Waals surface area (Å²) in [7, 11) is 0. The molecule has 80 valence electrons. The number of H-pyrrole nitrogens is 1. The van der Waals surface area contributed by atoms with Gasteiger partial charge >= 0.3 is 5.97 Å². The van der Waals surface area contributed by atoms with Crippen molar-refractivity contribution >= 4 is 11.7 Å². The van der Waals surface area contributed by atoms with E-state index in [1.807, 2.05) is 0 Å². The number of carbonyl (C=O) groups is 1. The Balaban J connectivity index is 3.25. The number of nitrogens with two attached hydrogens (primary N) is 1. The van der Waals surface area contributed by atoms with Crippen LogP contribution >= 0.6 is 0 Å². The Kier molecular flexibility index (Phi) is 3.28. The van der Waals surface area contributed by atoms with Crippen molar-refractivity contribution in [1.82, 2.24) is 4.98 Å². The molecule has 0 aromatic carbocycles. The third kappa shape index (κ3) is 2.46. The quantitative estimate of drug-likeness (QED) is 0.620. The van der Waals surface area contributed by atoms with Crippen LogP contribution in [0.15, 0.2) is 23.6 Å². The lowest BCUT2D eigenvalue weighted by atomic mass is 10.0. The molecule has 15 heavy (non-hydrogen) atoms. The average molecular weight is 208 g/mol. The van der Waals surface area contributed by atoms with E-state index < -0.39 is 11.5 Å². The van der Waals surface area contributed by atoms with Crippen molar-refractivity contribution in [2.24, 2.45) is 0 Å². The maximum absolute atomic E-state index is 11.2. The number of aromatic amines is 1. The number of nitrogens with one attached hydrogen (secondary N) is 1. The van der Waals surface area contributed by atoms with E-state index >= 15 is 0 Å². The minimum absolute atomic E-state index is 0.0636. The Morgan fingerprint density at radius 1 is 1.67 bits per heavy atom. The summed E-state index contributed by atoms with van der Waals surface area (Å²) in [6.45, 7) is 3.53. The van der Waals surface area contributed by atoms with E-state index in [9.17, 15) is 9.59 Å². The number of carboxylic acids is 1. The lowest BCUT2D eigenvalue weighted by molar-refractivity contribution is -0.136. The number of aliphatic carboxylic acids is 1. The van der Waals surface area contributed by atoms with Crippen molar-refractivity contribution in [2.45, 2.75) is 12.8 Å². The molecular formula is C10H12N2O3. The molecule has 5 heteroatoms. The fourth-order valence-corrected chi connectivity index (χ4v) is 1.33. The molecule has 0 aliphatic carbocycles. The standard InChI is InChI=1S/C10H12N2O3/c1-2-3-7-6(4-8(13)14)5-12-10(15)9(7)11/h2,5H,1,3-4,11H2,(H,12,15)(H,13,14). The topological polar surface area (TPSA) is 96.2 Å². The first-order valence-electron chi connectivity index (χ1n) is 4.38. The average Bonchev–Trinajstić information content (AvgIpc) is 2.17. The number of nitrogen functional groups attached to an aromatic ring is 1. The Bertz CT molecular complexity index is 448. The summed E-state index contributed by atoms with van der Waals surface area (Å²) < 4.78 is 0. The van der Waals surface area contributed by atoms with Crippen LogP contribution < -0.4 is 11.3 Å². The summed E-state index contributed by atoms with van der Waals surface area (Å²) in [5, 5.41) is 8.66. The molecule has 0 aliphatic rings. The van der Waals surface area contributed by atoms with Crippen LogP contribution in [-0.4, -0.2) is 16.1 Å². The Labute approximate surface area is 86.2 Å². The van der Waals surface area contributed by atoms with E-state index in [1.54, 1.807) is 6.08 Å². The molecule has 0 unspecified atom stereocenters. The zero-order valence-electron chi connectivity index (χ0n) is 8.12. The predicted molar refractivity (Wildman–Crippen MR) is 56.7 cm³/mol. The van der Waals surface area contributed by atoms with Gasteiger partial charge in [0, 0.05) is 6.20 Å². The molecule has 1 rings (SSSR count). The van der Waals surface area contributed by atoms with Crippen molar-refractivity contribution < 1.29 is 9.90 Å².